The number of unbranched alkanes of at least 4 members (excludes halogenated alkanes) is 1. The first-order chi connectivity index (χ1) is 11.9. The number of aliphatic carboxylic acids is 1. The summed E-state index contributed by atoms with van der Waals surface area (Å²) in [7, 11) is 0. The van der Waals surface area contributed by atoms with Crippen LogP contribution in [0.1, 0.15) is 36.5 Å². The maximum atomic E-state index is 12.6. The largest absolute Gasteiger partial charge is 0.480 e. The zero-order valence-corrected chi connectivity index (χ0v) is 15.5. The van der Waals surface area contributed by atoms with Gasteiger partial charge in [-0.1, -0.05) is 31.4 Å². The van der Waals surface area contributed by atoms with E-state index in [-0.39, 0.29) is 5.91 Å². The lowest BCUT2D eigenvalue weighted by Gasteiger charge is -2.25. The van der Waals surface area contributed by atoms with Crippen LogP contribution in [0.5, 0.6) is 0 Å². The first-order valence-electron chi connectivity index (χ1n) is 8.11. The van der Waals surface area contributed by atoms with Crippen LogP contribution in [-0.4, -0.2) is 51.5 Å². The molecule has 1 unspecified atom stereocenters. The maximum absolute atomic E-state index is 12.6. The molecule has 0 radical (unpaired) electrons. The molecule has 2 atom stereocenters. The van der Waals surface area contributed by atoms with Gasteiger partial charge in [-0.15, -0.1) is 11.8 Å². The number of hydrogen-bond donors (Lipinski definition) is 2. The fourth-order valence-electron chi connectivity index (χ4n) is 2.55. The van der Waals surface area contributed by atoms with Crippen LogP contribution >= 0.6 is 23.4 Å². The van der Waals surface area contributed by atoms with Crippen molar-refractivity contribution in [3.8, 4) is 0 Å². The van der Waals surface area contributed by atoms with Gasteiger partial charge < -0.3 is 15.3 Å². The Balaban J connectivity index is 2.06. The molecule has 1 fully saturated rings. The third-order valence-electron chi connectivity index (χ3n) is 4.00. The Kier molecular flexibility index (Phi) is 7.13. The van der Waals surface area contributed by atoms with Gasteiger partial charge in [0.1, 0.15) is 12.1 Å². The van der Waals surface area contributed by atoms with Gasteiger partial charge in [0.15, 0.2) is 0 Å². The normalized spacial score (nSPS) is 18.0. The number of rotatable bonds is 7. The van der Waals surface area contributed by atoms with Gasteiger partial charge in [-0.2, -0.15) is 0 Å². The van der Waals surface area contributed by atoms with Crippen LogP contribution in [0.15, 0.2) is 24.3 Å². The van der Waals surface area contributed by atoms with E-state index in [1.54, 1.807) is 24.3 Å². The summed E-state index contributed by atoms with van der Waals surface area (Å²) >= 11 is 7.30. The van der Waals surface area contributed by atoms with E-state index in [0.29, 0.717) is 35.1 Å². The Bertz CT molecular complexity index is 638. The lowest BCUT2D eigenvalue weighted by molar-refractivity contribution is -0.142. The molecule has 136 valence electrons. The van der Waals surface area contributed by atoms with Crippen LogP contribution in [0.3, 0.4) is 0 Å². The molecule has 25 heavy (non-hydrogen) atoms. The monoisotopic (exact) mass is 384 g/mol. The molecule has 0 aromatic heterocycles. The summed E-state index contributed by atoms with van der Waals surface area (Å²) in [5.74, 6) is -0.890. The summed E-state index contributed by atoms with van der Waals surface area (Å²) < 4.78 is 0. The molecule has 1 aliphatic rings. The third kappa shape index (κ3) is 5.12. The number of nitrogens with one attached hydrogen (secondary N) is 1. The van der Waals surface area contributed by atoms with E-state index in [2.05, 4.69) is 5.32 Å². The summed E-state index contributed by atoms with van der Waals surface area (Å²) in [6.45, 7) is 1.96. The van der Waals surface area contributed by atoms with Crippen molar-refractivity contribution < 1.29 is 19.5 Å². The van der Waals surface area contributed by atoms with Gasteiger partial charge >= 0.3 is 5.97 Å². The lowest BCUT2D eigenvalue weighted by Crippen LogP contribution is -2.51. The molecule has 2 N–H and O–H groups in total. The summed E-state index contributed by atoms with van der Waals surface area (Å²) in [5, 5.41) is 12.4. The topological polar surface area (TPSA) is 86.7 Å². The van der Waals surface area contributed by atoms with Crippen molar-refractivity contribution in [1.29, 1.82) is 0 Å². The number of hydrogen-bond acceptors (Lipinski definition) is 4. The molecule has 0 aliphatic carbocycles. The zero-order valence-electron chi connectivity index (χ0n) is 13.9. The van der Waals surface area contributed by atoms with E-state index in [0.717, 1.165) is 6.42 Å². The second-order valence-electron chi connectivity index (χ2n) is 5.84. The van der Waals surface area contributed by atoms with Crippen LogP contribution in [0, 0.1) is 0 Å². The molecule has 1 aliphatic heterocycles. The Morgan fingerprint density at radius 3 is 2.64 bits per heavy atom. The van der Waals surface area contributed by atoms with Crippen molar-refractivity contribution in [2.45, 2.75) is 38.3 Å². The van der Waals surface area contributed by atoms with Gasteiger partial charge in [-0.3, -0.25) is 9.59 Å². The van der Waals surface area contributed by atoms with E-state index in [1.165, 1.54) is 16.7 Å². The highest BCUT2D eigenvalue weighted by atomic mass is 35.5. The number of thioether (sulfide) groups is 1. The molecule has 1 aromatic rings. The number of carbonyl (C=O) groups excluding carboxylic acids is 2. The molecule has 0 spiro atoms. The quantitative estimate of drug-likeness (QED) is 0.754. The van der Waals surface area contributed by atoms with E-state index in [9.17, 15) is 19.5 Å². The zero-order chi connectivity index (χ0) is 18.4. The Hall–Kier alpha value is -1.73. The summed E-state index contributed by atoms with van der Waals surface area (Å²) in [4.78, 5) is 37.9. The molecular weight excluding hydrogens is 364 g/mol. The van der Waals surface area contributed by atoms with Crippen molar-refractivity contribution in [2.24, 2.45) is 0 Å². The van der Waals surface area contributed by atoms with Crippen molar-refractivity contribution in [1.82, 2.24) is 10.2 Å². The molecule has 0 bridgehead atoms. The maximum Gasteiger partial charge on any atom is 0.326 e. The highest BCUT2D eigenvalue weighted by molar-refractivity contribution is 7.99. The van der Waals surface area contributed by atoms with E-state index >= 15 is 0 Å². The van der Waals surface area contributed by atoms with Crippen molar-refractivity contribution in [2.75, 3.05) is 11.6 Å². The first-order valence-corrected chi connectivity index (χ1v) is 9.64. The number of carboxylic acid groups (broad SMARTS) is 1. The predicted molar refractivity (Wildman–Crippen MR) is 97.8 cm³/mol. The Morgan fingerprint density at radius 1 is 1.36 bits per heavy atom. The molecule has 2 rings (SSSR count). The van der Waals surface area contributed by atoms with Crippen molar-refractivity contribution in [3.05, 3.63) is 34.9 Å². The number of carboxylic acids is 1. The molecule has 2 amide bonds. The average Bonchev–Trinajstić information content (AvgIpc) is 3.08. The molecule has 6 nitrogen and oxygen atoms in total. The molecular formula is C17H21ClN2O4S. The van der Waals surface area contributed by atoms with Gasteiger partial charge in [-0.05, 0) is 30.7 Å². The summed E-state index contributed by atoms with van der Waals surface area (Å²) in [5.41, 5.74) is 0.450. The summed E-state index contributed by atoms with van der Waals surface area (Å²) in [6.07, 6.45) is 1.94. The van der Waals surface area contributed by atoms with Gasteiger partial charge in [0, 0.05) is 16.3 Å². The predicted octanol–water partition coefficient (Wildman–Crippen LogP) is 2.61. The fraction of sp³-hybridized carbons (Fsp3) is 0.471. The van der Waals surface area contributed by atoms with Crippen LogP contribution < -0.4 is 5.32 Å². The third-order valence-corrected chi connectivity index (χ3v) is 5.26. The number of amides is 2. The second kappa shape index (κ2) is 9.10. The Morgan fingerprint density at radius 2 is 2.04 bits per heavy atom. The van der Waals surface area contributed by atoms with Crippen LogP contribution in [0.2, 0.25) is 5.02 Å². The van der Waals surface area contributed by atoms with Gasteiger partial charge in [-0.25, -0.2) is 4.79 Å². The number of benzene rings is 1. The highest BCUT2D eigenvalue weighted by Crippen LogP contribution is 2.24. The lowest BCUT2D eigenvalue weighted by atomic mass is 10.1. The van der Waals surface area contributed by atoms with Crippen LogP contribution in [0.25, 0.3) is 0 Å². The number of halogens is 1. The first kappa shape index (κ1) is 19.6. The SMILES string of the molecule is CCCC[C@H](NC(=O)C1CSCN1C(=O)c1ccc(Cl)cc1)C(=O)O. The molecule has 0 saturated carbocycles. The van der Waals surface area contributed by atoms with Gasteiger partial charge in [0.05, 0.1) is 5.88 Å². The molecule has 1 heterocycles. The van der Waals surface area contributed by atoms with Gasteiger partial charge in [0.25, 0.3) is 5.91 Å². The Labute approximate surface area is 155 Å². The highest BCUT2D eigenvalue weighted by Gasteiger charge is 2.36. The van der Waals surface area contributed by atoms with E-state index in [1.807, 2.05) is 6.92 Å². The molecule has 8 heteroatoms. The standard InChI is InChI=1S/C17H21ClN2O4S/c1-2-3-4-13(17(23)24)19-15(21)14-9-25-10-20(14)16(22)11-5-7-12(18)8-6-11/h5-8,13-14H,2-4,9-10H2,1H3,(H,19,21)(H,23,24)/t13-,14?/m0/s1. The van der Waals surface area contributed by atoms with Crippen LogP contribution in [0.4, 0.5) is 0 Å². The second-order valence-corrected chi connectivity index (χ2v) is 7.28. The number of carbonyl (C=O) groups is 3. The minimum absolute atomic E-state index is 0.262. The average molecular weight is 385 g/mol. The van der Waals surface area contributed by atoms with Crippen molar-refractivity contribution >= 4 is 41.1 Å². The molecule has 1 aromatic carbocycles. The molecule has 1 saturated heterocycles. The van der Waals surface area contributed by atoms with E-state index < -0.39 is 24.0 Å². The van der Waals surface area contributed by atoms with Crippen molar-refractivity contribution in [3.63, 3.8) is 0 Å². The fourth-order valence-corrected chi connectivity index (χ4v) is 3.83. The minimum Gasteiger partial charge on any atom is -0.480 e. The van der Waals surface area contributed by atoms with Gasteiger partial charge in [0.2, 0.25) is 5.91 Å². The number of nitrogens with zero attached hydrogens (tertiary/aromatic N) is 1. The summed E-state index contributed by atoms with van der Waals surface area (Å²) in [6, 6.07) is 4.88. The minimum atomic E-state index is -1.05. The van der Waals surface area contributed by atoms with Crippen LogP contribution in [-0.2, 0) is 9.59 Å². The smallest absolute Gasteiger partial charge is 0.326 e. The van der Waals surface area contributed by atoms with E-state index in [4.69, 9.17) is 11.6 Å².